The molecule has 0 unspecified atom stereocenters. The topological polar surface area (TPSA) is 159 Å². The zero-order valence-electron chi connectivity index (χ0n) is 36.4. The minimum atomic E-state index is -0.515. The van der Waals surface area contributed by atoms with Gasteiger partial charge in [-0.1, -0.05) is 53.7 Å². The lowest BCUT2D eigenvalue weighted by molar-refractivity contribution is -0.119. The number of amides is 2. The monoisotopic (exact) mass is 840 g/mol. The molecule has 3 fully saturated rings. The van der Waals surface area contributed by atoms with Gasteiger partial charge in [-0.3, -0.25) is 9.59 Å². The van der Waals surface area contributed by atoms with Gasteiger partial charge in [-0.05, 0) is 116 Å². The molecule has 2 aromatic heterocycles. The van der Waals surface area contributed by atoms with Gasteiger partial charge in [0.25, 0.3) is 0 Å². The van der Waals surface area contributed by atoms with Crippen LogP contribution in [0.3, 0.4) is 0 Å². The van der Waals surface area contributed by atoms with E-state index in [1.165, 1.54) is 5.69 Å². The van der Waals surface area contributed by atoms with Crippen molar-refractivity contribution in [2.45, 2.75) is 95.3 Å². The van der Waals surface area contributed by atoms with Crippen molar-refractivity contribution in [1.29, 1.82) is 0 Å². The Labute approximate surface area is 361 Å². The Morgan fingerprint density at radius 1 is 0.629 bits per heavy atom. The van der Waals surface area contributed by atoms with Crippen LogP contribution in [0.2, 0.25) is 0 Å². The molecule has 0 atom stereocenters. The molecule has 2 saturated carbocycles. The number of aliphatic hydroxyl groups excluding tert-OH is 1. The first kappa shape index (κ1) is 41.4. The molecule has 3 aliphatic heterocycles. The van der Waals surface area contributed by atoms with Crippen LogP contribution in [0.5, 0.6) is 23.0 Å². The van der Waals surface area contributed by atoms with Crippen LogP contribution in [-0.4, -0.2) is 60.3 Å². The lowest BCUT2D eigenvalue weighted by atomic mass is 9.88. The molecule has 12 heteroatoms. The van der Waals surface area contributed by atoms with E-state index in [-0.39, 0.29) is 42.8 Å². The smallest absolute Gasteiger partial charge is 0.235 e. The molecule has 6 aromatic rings. The zero-order chi connectivity index (χ0) is 43.4. The predicted octanol–water partition coefficient (Wildman–Crippen LogP) is 9.28. The number of ether oxygens (including phenoxy) is 5. The van der Waals surface area contributed by atoms with E-state index in [1.54, 1.807) is 0 Å². The second kappa shape index (κ2) is 15.7. The summed E-state index contributed by atoms with van der Waals surface area (Å²) in [5, 5.41) is 18.0. The van der Waals surface area contributed by atoms with E-state index in [0.717, 1.165) is 112 Å². The van der Waals surface area contributed by atoms with Gasteiger partial charge in [0.05, 0.1) is 24.0 Å². The minimum Gasteiger partial charge on any atom is -0.454 e. The number of fused-ring (bicyclic) bond motifs is 4. The van der Waals surface area contributed by atoms with Gasteiger partial charge >= 0.3 is 0 Å². The summed E-state index contributed by atoms with van der Waals surface area (Å²) in [7, 11) is 0. The second-order valence-electron chi connectivity index (χ2n) is 19.0. The standard InChI is InChI=1S/C25H28N2O4.C23H24N2O3.C2H4O/c1-24(2,3)22-17(8-11-28)18-13-16(5-6-19(18)27-22)26-23(29)25(9-10-25)15-4-7-20-21(12-15)31-14-30-20;1-22(2,3)20-11-14-10-16(5-6-17(14)25-20)24-21(26)23(8-9-23)15-4-7-18-19(12-15)28-13-27-18;1-2-3-1/h4-7,12-13,27-28H,8-11,14H2,1-3H3,(H,26,29);4-7,10-12,25H,8-9,13H2,1-3H3,(H,24,26);1-2H2. The molecular weight excluding hydrogens is 785 g/mol. The molecule has 12 nitrogen and oxygen atoms in total. The molecule has 62 heavy (non-hydrogen) atoms. The van der Waals surface area contributed by atoms with E-state index >= 15 is 0 Å². The Balaban J connectivity index is 0.000000148. The van der Waals surface area contributed by atoms with Crippen molar-refractivity contribution in [2.24, 2.45) is 0 Å². The van der Waals surface area contributed by atoms with Crippen LogP contribution in [-0.2, 0) is 42.4 Å². The first-order chi connectivity index (χ1) is 29.7. The van der Waals surface area contributed by atoms with Crippen molar-refractivity contribution in [3.63, 3.8) is 0 Å². The number of rotatable bonds is 8. The number of benzene rings is 4. The van der Waals surface area contributed by atoms with Crippen molar-refractivity contribution < 1.29 is 38.4 Å². The molecule has 1 saturated heterocycles. The molecule has 324 valence electrons. The van der Waals surface area contributed by atoms with Crippen LogP contribution in [0.25, 0.3) is 21.8 Å². The number of hydrogen-bond donors (Lipinski definition) is 5. The van der Waals surface area contributed by atoms with Gasteiger partial charge in [-0.15, -0.1) is 0 Å². The van der Waals surface area contributed by atoms with Crippen LogP contribution in [0.1, 0.15) is 95.3 Å². The summed E-state index contributed by atoms with van der Waals surface area (Å²) in [5.41, 5.74) is 8.07. The number of H-pyrrole nitrogens is 2. The van der Waals surface area contributed by atoms with Crippen molar-refractivity contribution in [1.82, 2.24) is 9.97 Å². The first-order valence-corrected chi connectivity index (χ1v) is 21.6. The molecule has 0 bridgehead atoms. The Hall–Kier alpha value is -5.98. The molecular formula is C50H56N4O8. The van der Waals surface area contributed by atoms with E-state index in [4.69, 9.17) is 18.9 Å². The molecule has 0 radical (unpaired) electrons. The second-order valence-corrected chi connectivity index (χ2v) is 19.0. The average Bonchev–Trinajstić information content (AvgIpc) is 4.21. The fourth-order valence-corrected chi connectivity index (χ4v) is 8.39. The van der Waals surface area contributed by atoms with Gasteiger partial charge in [-0.25, -0.2) is 0 Å². The molecule has 5 heterocycles. The normalized spacial score (nSPS) is 17.1. The number of aromatic nitrogens is 2. The number of aliphatic hydroxyl groups is 1. The summed E-state index contributed by atoms with van der Waals surface area (Å²) in [6, 6.07) is 25.7. The summed E-state index contributed by atoms with van der Waals surface area (Å²) < 4.78 is 26.3. The summed E-state index contributed by atoms with van der Waals surface area (Å²) in [5.74, 6) is 2.93. The zero-order valence-corrected chi connectivity index (χ0v) is 36.4. The highest BCUT2D eigenvalue weighted by Gasteiger charge is 2.52. The van der Waals surface area contributed by atoms with Crippen LogP contribution in [0.4, 0.5) is 11.4 Å². The van der Waals surface area contributed by atoms with Crippen LogP contribution >= 0.6 is 0 Å². The largest absolute Gasteiger partial charge is 0.454 e. The molecule has 4 aromatic carbocycles. The van der Waals surface area contributed by atoms with Crippen molar-refractivity contribution in [3.8, 4) is 23.0 Å². The maximum absolute atomic E-state index is 13.3. The van der Waals surface area contributed by atoms with E-state index in [2.05, 4.69) is 72.9 Å². The lowest BCUT2D eigenvalue weighted by Gasteiger charge is -2.19. The van der Waals surface area contributed by atoms with Crippen LogP contribution in [0.15, 0.2) is 78.9 Å². The molecule has 11 rings (SSSR count). The summed E-state index contributed by atoms with van der Waals surface area (Å²) >= 11 is 0. The highest BCUT2D eigenvalue weighted by molar-refractivity contribution is 6.04. The molecule has 2 aliphatic carbocycles. The number of anilines is 2. The van der Waals surface area contributed by atoms with Gasteiger partial charge in [0.15, 0.2) is 23.0 Å². The van der Waals surface area contributed by atoms with Gasteiger partial charge in [0.1, 0.15) is 0 Å². The predicted molar refractivity (Wildman–Crippen MR) is 240 cm³/mol. The number of hydrogen-bond acceptors (Lipinski definition) is 8. The quantitative estimate of drug-likeness (QED) is 0.0949. The SMILES string of the molecule is C1CO1.CC(C)(C)c1[nH]c2ccc(NC(=O)C3(c4ccc5c(c4)OCO5)CC3)cc2c1CCO.CC(C)(C)c1cc2cc(NC(=O)C3(c4ccc5c(c4)OCO5)CC3)ccc2[nH]1. The average molecular weight is 841 g/mol. The number of epoxide rings is 1. The van der Waals surface area contributed by atoms with Crippen molar-refractivity contribution in [3.05, 3.63) is 107 Å². The van der Waals surface area contributed by atoms with Gasteiger partial charge in [-0.2, -0.15) is 0 Å². The van der Waals surface area contributed by atoms with E-state index < -0.39 is 10.8 Å². The Kier molecular flexibility index (Phi) is 10.5. The van der Waals surface area contributed by atoms with Gasteiger partial charge in [0.2, 0.25) is 25.4 Å². The molecule has 5 aliphatic rings. The Bertz CT molecular complexity index is 2670. The fourth-order valence-electron chi connectivity index (χ4n) is 8.39. The van der Waals surface area contributed by atoms with Crippen LogP contribution in [0, 0.1) is 0 Å². The van der Waals surface area contributed by atoms with Crippen LogP contribution < -0.4 is 29.6 Å². The Morgan fingerprint density at radius 3 is 1.63 bits per heavy atom. The third-order valence-corrected chi connectivity index (χ3v) is 12.4. The fraction of sp³-hybridized carbons (Fsp3) is 0.400. The highest BCUT2D eigenvalue weighted by Crippen LogP contribution is 2.52. The van der Waals surface area contributed by atoms with Gasteiger partial charge < -0.3 is 49.4 Å². The summed E-state index contributed by atoms with van der Waals surface area (Å²) in [4.78, 5) is 33.4. The van der Waals surface area contributed by atoms with E-state index in [0.29, 0.717) is 12.2 Å². The third kappa shape index (κ3) is 8.21. The molecule has 2 amide bonds. The minimum absolute atomic E-state index is 0.000930. The maximum atomic E-state index is 13.3. The number of aromatic amines is 2. The van der Waals surface area contributed by atoms with Crippen molar-refractivity contribution in [2.75, 3.05) is 44.0 Å². The summed E-state index contributed by atoms with van der Waals surface area (Å²) in [6.07, 6.45) is 3.90. The number of nitrogens with one attached hydrogen (secondary N) is 4. The summed E-state index contributed by atoms with van der Waals surface area (Å²) in [6.45, 7) is 15.6. The van der Waals surface area contributed by atoms with Gasteiger partial charge in [0, 0.05) is 62.0 Å². The maximum Gasteiger partial charge on any atom is 0.235 e. The molecule has 5 N–H and O–H groups in total. The first-order valence-electron chi connectivity index (χ1n) is 21.6. The highest BCUT2D eigenvalue weighted by atomic mass is 16.7. The molecule has 0 spiro atoms. The van der Waals surface area contributed by atoms with E-state index in [1.807, 2.05) is 72.8 Å². The number of carbonyl (C=O) groups excluding carboxylic acids is 2. The Morgan fingerprint density at radius 2 is 1.15 bits per heavy atom. The van der Waals surface area contributed by atoms with Crippen molar-refractivity contribution >= 4 is 45.0 Å². The number of carbonyl (C=O) groups is 2. The lowest BCUT2D eigenvalue weighted by Crippen LogP contribution is -2.27. The van der Waals surface area contributed by atoms with E-state index in [9.17, 15) is 14.7 Å². The third-order valence-electron chi connectivity index (χ3n) is 12.4.